The number of nitrogens with one attached hydrogen (secondary N) is 1. The summed E-state index contributed by atoms with van der Waals surface area (Å²) >= 11 is 0. The van der Waals surface area contributed by atoms with Gasteiger partial charge in [-0.25, -0.2) is 0 Å². The van der Waals surface area contributed by atoms with Crippen LogP contribution in [-0.4, -0.2) is 30.1 Å². The maximum atomic E-state index is 10.2. The van der Waals surface area contributed by atoms with E-state index in [1.807, 2.05) is 0 Å². The molecule has 1 atom stereocenters. The van der Waals surface area contributed by atoms with Crippen LogP contribution in [0.4, 0.5) is 0 Å². The average Bonchev–Trinajstić information content (AvgIpc) is 1.87. The topological polar surface area (TPSA) is 89.5 Å². The normalized spacial score (nSPS) is 11.4. The molecule has 0 aromatic rings. The quantitative estimate of drug-likeness (QED) is 0.417. The predicted octanol–water partition coefficient (Wildman–Crippen LogP) is -4.81. The maximum Gasteiger partial charge on any atom is 1.00 e. The van der Waals surface area contributed by atoms with Gasteiger partial charge in [-0.15, -0.1) is 0 Å². The molecule has 0 saturated heterocycles. The number of likely N-dealkylation sites (N-methyl/N-ethyl adjacent to an activating group) is 1. The molecule has 0 unspecified atom stereocenters. The molecule has 0 fully saturated rings. The van der Waals surface area contributed by atoms with Gasteiger partial charge in [0.25, 0.3) is 0 Å². The molecule has 64 valence electrons. The Morgan fingerprint density at radius 3 is 2.33 bits per heavy atom. The van der Waals surface area contributed by atoms with Crippen molar-refractivity contribution in [3.63, 3.8) is 0 Å². The number of rotatable bonds is 5. The summed E-state index contributed by atoms with van der Waals surface area (Å²) in [5, 5.41) is 20.8. The van der Waals surface area contributed by atoms with Gasteiger partial charge in [0.2, 0.25) is 0 Å². The number of carboxylic acids is 2. The third kappa shape index (κ3) is 6.60. The first-order chi connectivity index (χ1) is 5.07. The van der Waals surface area contributed by atoms with E-state index in [2.05, 4.69) is 5.32 Å². The summed E-state index contributed by atoms with van der Waals surface area (Å²) in [4.78, 5) is 20.2. The smallest absolute Gasteiger partial charge is 0.548 e. The van der Waals surface area contributed by atoms with Crippen molar-refractivity contribution in [2.45, 2.75) is 18.9 Å². The van der Waals surface area contributed by atoms with Gasteiger partial charge in [-0.2, -0.15) is 0 Å². The molecule has 0 bridgehead atoms. The van der Waals surface area contributed by atoms with Crippen molar-refractivity contribution >= 4 is 11.9 Å². The van der Waals surface area contributed by atoms with Crippen LogP contribution in [0.25, 0.3) is 0 Å². The van der Waals surface area contributed by atoms with Crippen LogP contribution >= 0.6 is 0 Å². The van der Waals surface area contributed by atoms with E-state index in [1.54, 1.807) is 0 Å². The monoisotopic (exact) mass is 183 g/mol. The third-order valence-corrected chi connectivity index (χ3v) is 1.28. The molecule has 0 amide bonds. The van der Waals surface area contributed by atoms with E-state index in [4.69, 9.17) is 5.11 Å². The number of carbonyl (C=O) groups is 2. The first-order valence-corrected chi connectivity index (χ1v) is 3.18. The molecule has 0 spiro atoms. The molecule has 12 heavy (non-hydrogen) atoms. The fourth-order valence-electron chi connectivity index (χ4n) is 0.648. The first-order valence-electron chi connectivity index (χ1n) is 3.18. The first kappa shape index (κ1) is 14.4. The van der Waals surface area contributed by atoms with Crippen molar-refractivity contribution in [2.24, 2.45) is 0 Å². The molecule has 0 aliphatic heterocycles. The molecule has 0 aromatic heterocycles. The predicted molar refractivity (Wildman–Crippen MR) is 34.7 cm³/mol. The Morgan fingerprint density at radius 1 is 1.58 bits per heavy atom. The standard InChI is InChI=1S/C6H11NO4.Na/c1-7-4(6(10)11)2-3-5(8)9;/h4,7H,2-3H2,1H3,(H,8,9)(H,10,11);/q;+1/p-1/t4-;/m0./s1. The molecule has 0 saturated carbocycles. The molecule has 0 aliphatic carbocycles. The van der Waals surface area contributed by atoms with E-state index in [-0.39, 0.29) is 42.4 Å². The largest absolute Gasteiger partial charge is 1.00 e. The van der Waals surface area contributed by atoms with Crippen molar-refractivity contribution in [2.75, 3.05) is 7.05 Å². The molecule has 6 heteroatoms. The second kappa shape index (κ2) is 7.54. The summed E-state index contributed by atoms with van der Waals surface area (Å²) in [6, 6.07) is -0.869. The zero-order valence-electron chi connectivity index (χ0n) is 7.16. The summed E-state index contributed by atoms with van der Waals surface area (Å²) in [5.74, 6) is -2.28. The molecular formula is C6H10NNaO4. The maximum absolute atomic E-state index is 10.2. The minimum absolute atomic E-state index is 0. The van der Waals surface area contributed by atoms with Crippen molar-refractivity contribution in [1.82, 2.24) is 5.32 Å². The molecule has 0 rings (SSSR count). The third-order valence-electron chi connectivity index (χ3n) is 1.28. The second-order valence-electron chi connectivity index (χ2n) is 2.09. The van der Waals surface area contributed by atoms with Crippen LogP contribution in [0.3, 0.4) is 0 Å². The van der Waals surface area contributed by atoms with Gasteiger partial charge in [-0.3, -0.25) is 4.79 Å². The number of carbonyl (C=O) groups excluding carboxylic acids is 1. The van der Waals surface area contributed by atoms with Gasteiger partial charge in [0.05, 0.1) is 5.97 Å². The number of hydrogen-bond donors (Lipinski definition) is 2. The Morgan fingerprint density at radius 2 is 2.08 bits per heavy atom. The number of aliphatic carboxylic acids is 2. The van der Waals surface area contributed by atoms with Crippen molar-refractivity contribution in [1.29, 1.82) is 0 Å². The molecule has 2 N–H and O–H groups in total. The Hall–Kier alpha value is -0.100. The van der Waals surface area contributed by atoms with Gasteiger partial charge in [0, 0.05) is 12.5 Å². The van der Waals surface area contributed by atoms with E-state index in [0.717, 1.165) is 0 Å². The van der Waals surface area contributed by atoms with Crippen molar-refractivity contribution < 1.29 is 49.4 Å². The Bertz CT molecular complexity index is 162. The van der Waals surface area contributed by atoms with E-state index in [9.17, 15) is 14.7 Å². The van der Waals surface area contributed by atoms with Crippen molar-refractivity contribution in [3.8, 4) is 0 Å². The molecule has 0 aliphatic rings. The molecule has 5 nitrogen and oxygen atoms in total. The fourth-order valence-corrected chi connectivity index (χ4v) is 0.648. The van der Waals surface area contributed by atoms with Gasteiger partial charge in [0.15, 0.2) is 0 Å². The van der Waals surface area contributed by atoms with E-state index < -0.39 is 18.0 Å². The van der Waals surface area contributed by atoms with Crippen LogP contribution in [0.5, 0.6) is 0 Å². The summed E-state index contributed by atoms with van der Waals surface area (Å²) in [5.41, 5.74) is 0. The fraction of sp³-hybridized carbons (Fsp3) is 0.667. The second-order valence-corrected chi connectivity index (χ2v) is 2.09. The van der Waals surface area contributed by atoms with Gasteiger partial charge < -0.3 is 20.3 Å². The number of carboxylic acid groups (broad SMARTS) is 2. The van der Waals surface area contributed by atoms with Gasteiger partial charge in [0.1, 0.15) is 0 Å². The minimum atomic E-state index is -1.27. The van der Waals surface area contributed by atoms with Gasteiger partial charge in [-0.1, -0.05) is 0 Å². The van der Waals surface area contributed by atoms with Gasteiger partial charge >= 0.3 is 35.5 Å². The van der Waals surface area contributed by atoms with Crippen LogP contribution in [0.1, 0.15) is 12.8 Å². The Kier molecular flexibility index (Phi) is 9.07. The zero-order chi connectivity index (χ0) is 8.85. The van der Waals surface area contributed by atoms with Crippen LogP contribution in [-0.2, 0) is 9.59 Å². The van der Waals surface area contributed by atoms with Crippen LogP contribution in [0.15, 0.2) is 0 Å². The average molecular weight is 183 g/mol. The molecule has 0 heterocycles. The van der Waals surface area contributed by atoms with E-state index in [0.29, 0.717) is 0 Å². The summed E-state index contributed by atoms with van der Waals surface area (Å²) in [7, 11) is 1.45. The summed E-state index contributed by atoms with van der Waals surface area (Å²) in [6.07, 6.45) is -0.117. The van der Waals surface area contributed by atoms with E-state index >= 15 is 0 Å². The molecule has 0 radical (unpaired) electrons. The molecule has 0 aromatic carbocycles. The Balaban J connectivity index is 0. The summed E-state index contributed by atoms with van der Waals surface area (Å²) in [6.45, 7) is 0. The van der Waals surface area contributed by atoms with E-state index in [1.165, 1.54) is 7.05 Å². The van der Waals surface area contributed by atoms with Crippen LogP contribution in [0, 0.1) is 0 Å². The Labute approximate surface area is 92.4 Å². The minimum Gasteiger partial charge on any atom is -0.548 e. The molecular weight excluding hydrogens is 173 g/mol. The number of hydrogen-bond acceptors (Lipinski definition) is 4. The van der Waals surface area contributed by atoms with Crippen LogP contribution < -0.4 is 40.0 Å². The SMILES string of the molecule is CN[C@@H](CCC(=O)O)C(=O)[O-].[Na+]. The summed E-state index contributed by atoms with van der Waals surface area (Å²) < 4.78 is 0. The van der Waals surface area contributed by atoms with Crippen molar-refractivity contribution in [3.05, 3.63) is 0 Å². The van der Waals surface area contributed by atoms with Gasteiger partial charge in [-0.05, 0) is 13.5 Å². The van der Waals surface area contributed by atoms with Crippen LogP contribution in [0.2, 0.25) is 0 Å². The zero-order valence-corrected chi connectivity index (χ0v) is 9.16.